The monoisotopic (exact) mass is 396 g/mol. The maximum atomic E-state index is 13.5. The summed E-state index contributed by atoms with van der Waals surface area (Å²) in [7, 11) is 0. The molecule has 0 aromatic heterocycles. The van der Waals surface area contributed by atoms with Crippen LogP contribution < -0.4 is 5.32 Å². The molecule has 0 radical (unpaired) electrons. The molecule has 0 atom stereocenters. The lowest BCUT2D eigenvalue weighted by Gasteiger charge is -2.09. The van der Waals surface area contributed by atoms with Crippen molar-refractivity contribution in [2.75, 3.05) is 17.7 Å². The molecule has 0 saturated carbocycles. The van der Waals surface area contributed by atoms with Crippen LogP contribution in [0.3, 0.4) is 0 Å². The first-order chi connectivity index (χ1) is 12.8. The van der Waals surface area contributed by atoms with Gasteiger partial charge in [-0.05, 0) is 30.7 Å². The van der Waals surface area contributed by atoms with Gasteiger partial charge in [0.25, 0.3) is 11.6 Å². The van der Waals surface area contributed by atoms with Crippen LogP contribution in [0.5, 0.6) is 0 Å². The zero-order valence-electron chi connectivity index (χ0n) is 14.0. The molecule has 0 aliphatic carbocycles. The summed E-state index contributed by atoms with van der Waals surface area (Å²) in [5.41, 5.74) is 0.625. The summed E-state index contributed by atoms with van der Waals surface area (Å²) in [5.74, 6) is -3.11. The second kappa shape index (κ2) is 9.08. The van der Waals surface area contributed by atoms with Crippen molar-refractivity contribution in [2.24, 2.45) is 0 Å². The number of nitrogens with one attached hydrogen (secondary N) is 1. The second-order valence-electron chi connectivity index (χ2n) is 5.33. The van der Waals surface area contributed by atoms with Gasteiger partial charge in [-0.15, -0.1) is 11.8 Å². The zero-order chi connectivity index (χ0) is 20.0. The van der Waals surface area contributed by atoms with Crippen molar-refractivity contribution >= 4 is 35.0 Å². The van der Waals surface area contributed by atoms with Crippen LogP contribution >= 0.6 is 11.8 Å². The molecule has 1 amide bonds. The number of rotatable bonds is 7. The molecular weight excluding hydrogens is 382 g/mol. The maximum absolute atomic E-state index is 13.5. The number of anilines is 1. The third-order valence-electron chi connectivity index (χ3n) is 3.31. The lowest BCUT2D eigenvalue weighted by atomic mass is 10.2. The molecule has 2 aromatic rings. The number of hydrogen-bond acceptors (Lipinski definition) is 6. The van der Waals surface area contributed by atoms with Crippen LogP contribution in [0.1, 0.15) is 5.56 Å². The number of amides is 1. The summed E-state index contributed by atoms with van der Waals surface area (Å²) in [6, 6.07) is 6.82. The van der Waals surface area contributed by atoms with Gasteiger partial charge in [0.05, 0.1) is 16.4 Å². The minimum Gasteiger partial charge on any atom is -0.455 e. The summed E-state index contributed by atoms with van der Waals surface area (Å²) >= 11 is 0.736. The van der Waals surface area contributed by atoms with E-state index >= 15 is 0 Å². The van der Waals surface area contributed by atoms with Gasteiger partial charge in [0.1, 0.15) is 11.6 Å². The van der Waals surface area contributed by atoms with Gasteiger partial charge in [-0.2, -0.15) is 0 Å². The fourth-order valence-corrected chi connectivity index (χ4v) is 2.72. The van der Waals surface area contributed by atoms with E-state index in [4.69, 9.17) is 4.74 Å². The van der Waals surface area contributed by atoms with E-state index in [2.05, 4.69) is 5.32 Å². The number of halogens is 2. The number of non-ortho nitro benzene ring substituents is 1. The average Bonchev–Trinajstić information content (AvgIpc) is 2.62. The Bertz CT molecular complexity index is 892. The van der Waals surface area contributed by atoms with E-state index in [1.165, 1.54) is 18.2 Å². The minimum atomic E-state index is -0.797. The fraction of sp³-hybridized carbons (Fsp3) is 0.176. The van der Waals surface area contributed by atoms with Gasteiger partial charge in [0, 0.05) is 17.0 Å². The Balaban J connectivity index is 1.85. The Morgan fingerprint density at radius 3 is 2.67 bits per heavy atom. The first kappa shape index (κ1) is 20.3. The molecule has 7 nitrogen and oxygen atoms in total. The number of aryl methyl sites for hydroxylation is 1. The molecule has 2 aromatic carbocycles. The normalized spacial score (nSPS) is 10.3. The van der Waals surface area contributed by atoms with E-state index in [0.29, 0.717) is 5.56 Å². The van der Waals surface area contributed by atoms with Crippen LogP contribution in [-0.2, 0) is 14.3 Å². The number of ether oxygens (including phenoxy) is 1. The molecule has 0 aliphatic rings. The molecular formula is C17H14F2N2O5S. The van der Waals surface area contributed by atoms with Crippen molar-refractivity contribution in [1.29, 1.82) is 0 Å². The highest BCUT2D eigenvalue weighted by molar-refractivity contribution is 8.00. The molecule has 27 heavy (non-hydrogen) atoms. The van der Waals surface area contributed by atoms with Crippen LogP contribution in [-0.4, -0.2) is 29.2 Å². The lowest BCUT2D eigenvalue weighted by Crippen LogP contribution is -2.22. The van der Waals surface area contributed by atoms with Gasteiger partial charge in [0.15, 0.2) is 6.61 Å². The standard InChI is InChI=1S/C17H14F2N2O5S/c1-10-2-4-12(21(24)25)7-14(10)20-16(22)8-26-17(23)9-27-15-6-11(18)3-5-13(15)19/h2-7H,8-9H2,1H3,(H,20,22). The van der Waals surface area contributed by atoms with Crippen LogP contribution in [0, 0.1) is 28.7 Å². The number of esters is 1. The third kappa shape index (κ3) is 6.03. The second-order valence-corrected chi connectivity index (χ2v) is 6.35. The topological polar surface area (TPSA) is 98.5 Å². The van der Waals surface area contributed by atoms with E-state index in [-0.39, 0.29) is 22.0 Å². The molecule has 0 bridgehead atoms. The molecule has 0 fully saturated rings. The highest BCUT2D eigenvalue weighted by Crippen LogP contribution is 2.23. The first-order valence-electron chi connectivity index (χ1n) is 7.54. The molecule has 0 spiro atoms. The smallest absolute Gasteiger partial charge is 0.316 e. The predicted molar refractivity (Wildman–Crippen MR) is 94.5 cm³/mol. The Kier molecular flexibility index (Phi) is 6.83. The quantitative estimate of drug-likeness (QED) is 0.333. The maximum Gasteiger partial charge on any atom is 0.316 e. The summed E-state index contributed by atoms with van der Waals surface area (Å²) in [6.45, 7) is 1.03. The highest BCUT2D eigenvalue weighted by Gasteiger charge is 2.14. The molecule has 142 valence electrons. The number of hydrogen-bond donors (Lipinski definition) is 1. The van der Waals surface area contributed by atoms with Crippen LogP contribution in [0.25, 0.3) is 0 Å². The van der Waals surface area contributed by atoms with Crippen LogP contribution in [0.15, 0.2) is 41.3 Å². The van der Waals surface area contributed by atoms with Crippen molar-refractivity contribution in [3.63, 3.8) is 0 Å². The largest absolute Gasteiger partial charge is 0.455 e. The van der Waals surface area contributed by atoms with Gasteiger partial charge in [0.2, 0.25) is 0 Å². The van der Waals surface area contributed by atoms with E-state index in [1.54, 1.807) is 6.92 Å². The van der Waals surface area contributed by atoms with Gasteiger partial charge in [-0.1, -0.05) is 6.07 Å². The molecule has 10 heteroatoms. The minimum absolute atomic E-state index is 0.0522. The number of thioether (sulfide) groups is 1. The predicted octanol–water partition coefficient (Wildman–Crippen LogP) is 3.46. The lowest BCUT2D eigenvalue weighted by molar-refractivity contribution is -0.384. The number of nitro groups is 1. The van der Waals surface area contributed by atoms with Gasteiger partial charge < -0.3 is 10.1 Å². The first-order valence-corrected chi connectivity index (χ1v) is 8.53. The highest BCUT2D eigenvalue weighted by atomic mass is 32.2. The van der Waals surface area contributed by atoms with Crippen molar-refractivity contribution in [3.05, 3.63) is 63.7 Å². The summed E-state index contributed by atoms with van der Waals surface area (Å²) in [4.78, 5) is 33.6. The molecule has 2 rings (SSSR count). The Morgan fingerprint density at radius 1 is 1.22 bits per heavy atom. The molecule has 0 unspecified atom stereocenters. The SMILES string of the molecule is Cc1ccc([N+](=O)[O-])cc1NC(=O)COC(=O)CSc1cc(F)ccc1F. The third-order valence-corrected chi connectivity index (χ3v) is 4.31. The van der Waals surface area contributed by atoms with E-state index in [1.807, 2.05) is 0 Å². The van der Waals surface area contributed by atoms with Crippen LogP contribution in [0.4, 0.5) is 20.2 Å². The zero-order valence-corrected chi connectivity index (χ0v) is 14.8. The number of nitro benzene ring substituents is 1. The summed E-state index contributed by atoms with van der Waals surface area (Å²) < 4.78 is 31.3. The Hall–Kier alpha value is -3.01. The molecule has 0 aliphatic heterocycles. The molecule has 0 heterocycles. The van der Waals surface area contributed by atoms with Gasteiger partial charge >= 0.3 is 5.97 Å². The van der Waals surface area contributed by atoms with Crippen LogP contribution in [0.2, 0.25) is 0 Å². The number of nitrogens with zero attached hydrogens (tertiary/aromatic N) is 1. The van der Waals surface area contributed by atoms with Crippen molar-refractivity contribution < 1.29 is 28.0 Å². The van der Waals surface area contributed by atoms with Gasteiger partial charge in [-0.3, -0.25) is 19.7 Å². The number of carbonyl (C=O) groups is 2. The Morgan fingerprint density at radius 2 is 1.96 bits per heavy atom. The molecule has 1 N–H and O–H groups in total. The Labute approximate surface area is 156 Å². The summed E-state index contributed by atoms with van der Waals surface area (Å²) in [6.07, 6.45) is 0. The van der Waals surface area contributed by atoms with E-state index < -0.39 is 35.0 Å². The fourth-order valence-electron chi connectivity index (χ4n) is 1.96. The number of carbonyl (C=O) groups excluding carboxylic acids is 2. The number of benzene rings is 2. The van der Waals surface area contributed by atoms with Crippen molar-refractivity contribution in [2.45, 2.75) is 11.8 Å². The molecule has 0 saturated heterocycles. The van der Waals surface area contributed by atoms with Crippen molar-refractivity contribution in [3.8, 4) is 0 Å². The van der Waals surface area contributed by atoms with Crippen molar-refractivity contribution in [1.82, 2.24) is 0 Å². The summed E-state index contributed by atoms with van der Waals surface area (Å²) in [5, 5.41) is 13.2. The van der Waals surface area contributed by atoms with E-state index in [9.17, 15) is 28.5 Å². The van der Waals surface area contributed by atoms with Gasteiger partial charge in [-0.25, -0.2) is 8.78 Å². The average molecular weight is 396 g/mol. The van der Waals surface area contributed by atoms with E-state index in [0.717, 1.165) is 30.0 Å².